The highest BCUT2D eigenvalue weighted by Crippen LogP contribution is 2.19. The van der Waals surface area contributed by atoms with Gasteiger partial charge in [-0.25, -0.2) is 21.6 Å². The van der Waals surface area contributed by atoms with Gasteiger partial charge in [0, 0.05) is 36.8 Å². The maximum Gasteiger partial charge on any atom is 0.243 e. The zero-order valence-electron chi connectivity index (χ0n) is 18.0. The monoisotopic (exact) mass is 501 g/mol. The summed E-state index contributed by atoms with van der Waals surface area (Å²) in [5, 5.41) is 3.06. The number of hydrogen-bond acceptors (Lipinski definition) is 5. The van der Waals surface area contributed by atoms with Crippen molar-refractivity contribution < 1.29 is 21.6 Å². The van der Waals surface area contributed by atoms with Gasteiger partial charge in [-0.05, 0) is 61.4 Å². The van der Waals surface area contributed by atoms with Crippen LogP contribution >= 0.6 is 11.6 Å². The van der Waals surface area contributed by atoms with Crippen LogP contribution in [0.15, 0.2) is 58.3 Å². The van der Waals surface area contributed by atoms with Crippen LogP contribution < -0.4 is 10.0 Å². The summed E-state index contributed by atoms with van der Waals surface area (Å²) in [5.74, 6) is -0.405. The van der Waals surface area contributed by atoms with Crippen molar-refractivity contribution >= 4 is 43.2 Å². The number of carbonyl (C=O) groups excluding carboxylic acids is 1. The standard InChI is InChI=1S/C21H28ClN3O5S2/c1-3-15-25(16-4-2)32(29,30)20-11-7-18(8-12-20)24-21(26)13-14-23-31(27,28)19-9-5-17(22)6-10-19/h5-12,23H,3-4,13-16H2,1-2H3,(H,24,26). The molecule has 1 amide bonds. The van der Waals surface area contributed by atoms with Crippen molar-refractivity contribution in [3.8, 4) is 0 Å². The Morgan fingerprint density at radius 1 is 0.875 bits per heavy atom. The molecule has 2 rings (SSSR count). The lowest BCUT2D eigenvalue weighted by atomic mass is 10.3. The summed E-state index contributed by atoms with van der Waals surface area (Å²) >= 11 is 5.76. The largest absolute Gasteiger partial charge is 0.326 e. The number of halogens is 1. The smallest absolute Gasteiger partial charge is 0.243 e. The predicted octanol–water partition coefficient (Wildman–Crippen LogP) is 3.46. The van der Waals surface area contributed by atoms with E-state index >= 15 is 0 Å². The third-order valence-electron chi connectivity index (χ3n) is 4.49. The van der Waals surface area contributed by atoms with E-state index in [2.05, 4.69) is 10.0 Å². The van der Waals surface area contributed by atoms with Crippen LogP contribution in [-0.4, -0.2) is 46.7 Å². The molecule has 0 heterocycles. The summed E-state index contributed by atoms with van der Waals surface area (Å²) in [4.78, 5) is 12.4. The Bertz CT molecular complexity index is 1100. The van der Waals surface area contributed by atoms with Crippen molar-refractivity contribution in [1.82, 2.24) is 9.03 Å². The Morgan fingerprint density at radius 2 is 1.41 bits per heavy atom. The van der Waals surface area contributed by atoms with Gasteiger partial charge in [0.1, 0.15) is 0 Å². The van der Waals surface area contributed by atoms with Gasteiger partial charge >= 0.3 is 0 Å². The second-order valence-corrected chi connectivity index (χ2v) is 11.2. The van der Waals surface area contributed by atoms with Gasteiger partial charge in [-0.15, -0.1) is 0 Å². The number of hydrogen-bond donors (Lipinski definition) is 2. The minimum Gasteiger partial charge on any atom is -0.326 e. The summed E-state index contributed by atoms with van der Waals surface area (Å²) in [7, 11) is -7.34. The first-order valence-corrected chi connectivity index (χ1v) is 13.6. The molecular weight excluding hydrogens is 474 g/mol. The van der Waals surface area contributed by atoms with Crippen molar-refractivity contribution in [1.29, 1.82) is 0 Å². The Hall–Kier alpha value is -1.98. The number of amides is 1. The second kappa shape index (κ2) is 11.8. The summed E-state index contributed by atoms with van der Waals surface area (Å²) < 4.78 is 53.8. The average Bonchev–Trinajstić information content (AvgIpc) is 2.74. The molecule has 0 saturated carbocycles. The molecule has 11 heteroatoms. The van der Waals surface area contributed by atoms with Gasteiger partial charge in [0.15, 0.2) is 0 Å². The molecule has 0 unspecified atom stereocenters. The zero-order chi connectivity index (χ0) is 23.8. The lowest BCUT2D eigenvalue weighted by Crippen LogP contribution is -2.32. The SMILES string of the molecule is CCCN(CCC)S(=O)(=O)c1ccc(NC(=O)CCNS(=O)(=O)c2ccc(Cl)cc2)cc1. The molecule has 0 bridgehead atoms. The minimum atomic E-state index is -3.75. The fourth-order valence-corrected chi connectivity index (χ4v) is 5.71. The first-order chi connectivity index (χ1) is 15.1. The molecule has 8 nitrogen and oxygen atoms in total. The highest BCUT2D eigenvalue weighted by Gasteiger charge is 2.23. The maximum absolute atomic E-state index is 12.8. The minimum absolute atomic E-state index is 0.0549. The van der Waals surface area contributed by atoms with Gasteiger partial charge in [-0.2, -0.15) is 4.31 Å². The first kappa shape index (κ1) is 26.3. The molecule has 0 aliphatic carbocycles. The van der Waals surface area contributed by atoms with E-state index in [-0.39, 0.29) is 22.8 Å². The summed E-state index contributed by atoms with van der Waals surface area (Å²) in [6, 6.07) is 11.6. The van der Waals surface area contributed by atoms with Gasteiger partial charge in [-0.1, -0.05) is 25.4 Å². The van der Waals surface area contributed by atoms with Crippen LogP contribution in [0.1, 0.15) is 33.1 Å². The van der Waals surface area contributed by atoms with E-state index in [0.29, 0.717) is 23.8 Å². The normalized spacial score (nSPS) is 12.1. The van der Waals surface area contributed by atoms with E-state index in [9.17, 15) is 21.6 Å². The molecule has 0 fully saturated rings. The molecule has 0 aliphatic rings. The van der Waals surface area contributed by atoms with Crippen molar-refractivity contribution in [3.05, 3.63) is 53.6 Å². The maximum atomic E-state index is 12.8. The summed E-state index contributed by atoms with van der Waals surface area (Å²) in [6.45, 7) is 4.65. The number of rotatable bonds is 12. The molecule has 2 N–H and O–H groups in total. The van der Waals surface area contributed by atoms with Crippen LogP contribution in [-0.2, 0) is 24.8 Å². The first-order valence-electron chi connectivity index (χ1n) is 10.3. The number of carbonyl (C=O) groups is 1. The number of nitrogens with one attached hydrogen (secondary N) is 2. The average molecular weight is 502 g/mol. The van der Waals surface area contributed by atoms with Gasteiger partial charge in [0.2, 0.25) is 26.0 Å². The van der Waals surface area contributed by atoms with E-state index < -0.39 is 26.0 Å². The number of benzene rings is 2. The second-order valence-electron chi connectivity index (χ2n) is 7.08. The van der Waals surface area contributed by atoms with E-state index in [1.807, 2.05) is 13.8 Å². The lowest BCUT2D eigenvalue weighted by Gasteiger charge is -2.21. The fourth-order valence-electron chi connectivity index (χ4n) is 2.93. The van der Waals surface area contributed by atoms with Gasteiger partial charge in [0.05, 0.1) is 9.79 Å². The lowest BCUT2D eigenvalue weighted by molar-refractivity contribution is -0.116. The van der Waals surface area contributed by atoms with Gasteiger partial charge in [-0.3, -0.25) is 4.79 Å². The number of sulfonamides is 2. The third kappa shape index (κ3) is 7.28. The third-order valence-corrected chi connectivity index (χ3v) is 8.13. The van der Waals surface area contributed by atoms with Crippen LogP contribution in [0.3, 0.4) is 0 Å². The molecule has 0 saturated heterocycles. The highest BCUT2D eigenvalue weighted by atomic mass is 35.5. The van der Waals surface area contributed by atoms with Crippen molar-refractivity contribution in [2.24, 2.45) is 0 Å². The highest BCUT2D eigenvalue weighted by molar-refractivity contribution is 7.89. The Labute approximate surface area is 195 Å². The summed E-state index contributed by atoms with van der Waals surface area (Å²) in [5.41, 5.74) is 0.423. The van der Waals surface area contributed by atoms with Gasteiger partial charge in [0.25, 0.3) is 0 Å². The van der Waals surface area contributed by atoms with Crippen LogP contribution in [0.5, 0.6) is 0 Å². The number of anilines is 1. The number of nitrogens with zero attached hydrogens (tertiary/aromatic N) is 1. The Morgan fingerprint density at radius 3 is 1.94 bits per heavy atom. The molecule has 0 aliphatic heterocycles. The molecule has 0 spiro atoms. The van der Waals surface area contributed by atoms with Crippen LogP contribution in [0, 0.1) is 0 Å². The van der Waals surface area contributed by atoms with Crippen molar-refractivity contribution in [3.63, 3.8) is 0 Å². The topological polar surface area (TPSA) is 113 Å². The zero-order valence-corrected chi connectivity index (χ0v) is 20.4. The van der Waals surface area contributed by atoms with Gasteiger partial charge < -0.3 is 5.32 Å². The quantitative estimate of drug-likeness (QED) is 0.462. The predicted molar refractivity (Wildman–Crippen MR) is 126 cm³/mol. The van der Waals surface area contributed by atoms with Crippen molar-refractivity contribution in [2.45, 2.75) is 42.9 Å². The van der Waals surface area contributed by atoms with Crippen LogP contribution in [0.25, 0.3) is 0 Å². The van der Waals surface area contributed by atoms with E-state index in [4.69, 9.17) is 11.6 Å². The van der Waals surface area contributed by atoms with E-state index in [1.165, 1.54) is 52.8 Å². The van der Waals surface area contributed by atoms with Crippen LogP contribution in [0.4, 0.5) is 5.69 Å². The molecule has 32 heavy (non-hydrogen) atoms. The van der Waals surface area contributed by atoms with Crippen molar-refractivity contribution in [2.75, 3.05) is 25.0 Å². The van der Waals surface area contributed by atoms with E-state index in [0.717, 1.165) is 12.8 Å². The Kier molecular flexibility index (Phi) is 9.65. The summed E-state index contributed by atoms with van der Waals surface area (Å²) in [6.07, 6.45) is 1.35. The molecule has 2 aromatic rings. The molecule has 2 aromatic carbocycles. The van der Waals surface area contributed by atoms with E-state index in [1.54, 1.807) is 0 Å². The molecule has 0 aromatic heterocycles. The molecular formula is C21H28ClN3O5S2. The molecule has 176 valence electrons. The fraction of sp³-hybridized carbons (Fsp3) is 0.381. The molecule has 0 radical (unpaired) electrons. The van der Waals surface area contributed by atoms with Crippen LogP contribution in [0.2, 0.25) is 5.02 Å². The Balaban J connectivity index is 1.93. The molecule has 0 atom stereocenters.